The average molecular weight is 245 g/mol. The molecule has 2 N–H and O–H groups in total. The number of anilines is 1. The van der Waals surface area contributed by atoms with E-state index in [4.69, 9.17) is 5.73 Å². The molecule has 94 valence electrons. The Kier molecular flexibility index (Phi) is 2.56. The first-order valence-electron chi connectivity index (χ1n) is 6.22. The molecule has 0 aromatic heterocycles. The Morgan fingerprint density at radius 3 is 2.39 bits per heavy atom. The molecule has 3 rings (SSSR count). The average Bonchev–Trinajstić information content (AvgIpc) is 2.64. The quantitative estimate of drug-likeness (QED) is 0.597. The van der Waals surface area contributed by atoms with E-state index < -0.39 is 0 Å². The summed E-state index contributed by atoms with van der Waals surface area (Å²) >= 11 is 0. The molecule has 2 aliphatic rings. The van der Waals surface area contributed by atoms with Gasteiger partial charge in [-0.25, -0.2) is 10.0 Å². The lowest BCUT2D eigenvalue weighted by Crippen LogP contribution is -2.48. The molecule has 5 nitrogen and oxygen atoms in total. The summed E-state index contributed by atoms with van der Waals surface area (Å²) in [5, 5.41) is 3.10. The van der Waals surface area contributed by atoms with Gasteiger partial charge in [0.2, 0.25) is 0 Å². The van der Waals surface area contributed by atoms with Crippen molar-refractivity contribution >= 4 is 17.5 Å². The fourth-order valence-electron chi connectivity index (χ4n) is 2.63. The molecule has 0 saturated carbocycles. The van der Waals surface area contributed by atoms with Crippen LogP contribution in [-0.4, -0.2) is 34.9 Å². The van der Waals surface area contributed by atoms with Crippen LogP contribution < -0.4 is 5.73 Å². The first-order valence-corrected chi connectivity index (χ1v) is 6.22. The number of amides is 2. The van der Waals surface area contributed by atoms with E-state index in [1.807, 2.05) is 5.01 Å². The zero-order valence-corrected chi connectivity index (χ0v) is 10.1. The topological polar surface area (TPSA) is 66.6 Å². The number of hydrogen-bond donors (Lipinski definition) is 1. The van der Waals surface area contributed by atoms with E-state index >= 15 is 0 Å². The molecule has 18 heavy (non-hydrogen) atoms. The summed E-state index contributed by atoms with van der Waals surface area (Å²) in [4.78, 5) is 24.6. The normalized spacial score (nSPS) is 20.3. The van der Waals surface area contributed by atoms with Gasteiger partial charge in [-0.05, 0) is 25.0 Å². The molecule has 1 saturated heterocycles. The Bertz CT molecular complexity index is 521. The van der Waals surface area contributed by atoms with E-state index in [1.54, 1.807) is 18.2 Å². The van der Waals surface area contributed by atoms with Crippen molar-refractivity contribution in [2.75, 3.05) is 18.8 Å². The van der Waals surface area contributed by atoms with Gasteiger partial charge in [-0.2, -0.15) is 0 Å². The van der Waals surface area contributed by atoms with Crippen LogP contribution >= 0.6 is 0 Å². The minimum absolute atomic E-state index is 0.246. The number of imide groups is 1. The predicted octanol–water partition coefficient (Wildman–Crippen LogP) is 1.27. The van der Waals surface area contributed by atoms with E-state index in [0.717, 1.165) is 32.4 Å². The third kappa shape index (κ3) is 1.51. The van der Waals surface area contributed by atoms with E-state index in [-0.39, 0.29) is 11.8 Å². The molecule has 0 unspecified atom stereocenters. The molecule has 5 heteroatoms. The summed E-state index contributed by atoms with van der Waals surface area (Å²) in [6.45, 7) is 1.51. The smallest absolute Gasteiger partial charge is 0.278 e. The first-order chi connectivity index (χ1) is 8.70. The van der Waals surface area contributed by atoms with E-state index in [2.05, 4.69) is 0 Å². The molecule has 1 aromatic carbocycles. The van der Waals surface area contributed by atoms with Crippen LogP contribution in [0.3, 0.4) is 0 Å². The molecule has 0 radical (unpaired) electrons. The Hall–Kier alpha value is -1.88. The van der Waals surface area contributed by atoms with Gasteiger partial charge in [0.05, 0.1) is 11.1 Å². The third-order valence-electron chi connectivity index (χ3n) is 3.54. The number of nitrogens with two attached hydrogens (primary N) is 1. The fraction of sp³-hybridized carbons (Fsp3) is 0.385. The largest absolute Gasteiger partial charge is 0.398 e. The van der Waals surface area contributed by atoms with Gasteiger partial charge in [-0.3, -0.25) is 9.59 Å². The second-order valence-electron chi connectivity index (χ2n) is 4.71. The van der Waals surface area contributed by atoms with Crippen molar-refractivity contribution in [2.24, 2.45) is 0 Å². The number of benzene rings is 1. The van der Waals surface area contributed by atoms with Crippen LogP contribution in [0.4, 0.5) is 5.69 Å². The van der Waals surface area contributed by atoms with E-state index in [9.17, 15) is 9.59 Å². The predicted molar refractivity (Wildman–Crippen MR) is 66.8 cm³/mol. The highest BCUT2D eigenvalue weighted by Crippen LogP contribution is 2.29. The van der Waals surface area contributed by atoms with Gasteiger partial charge in [0, 0.05) is 18.8 Å². The van der Waals surface area contributed by atoms with Crippen molar-refractivity contribution in [3.8, 4) is 0 Å². The van der Waals surface area contributed by atoms with Gasteiger partial charge in [0.25, 0.3) is 11.8 Å². The molecule has 2 amide bonds. The minimum atomic E-state index is -0.282. The lowest BCUT2D eigenvalue weighted by Gasteiger charge is -2.32. The van der Waals surface area contributed by atoms with Crippen LogP contribution in [0.2, 0.25) is 0 Å². The van der Waals surface area contributed by atoms with Crippen LogP contribution in [-0.2, 0) is 0 Å². The van der Waals surface area contributed by atoms with Gasteiger partial charge in [-0.1, -0.05) is 12.5 Å². The maximum Gasteiger partial charge on any atom is 0.278 e. The minimum Gasteiger partial charge on any atom is -0.398 e. The van der Waals surface area contributed by atoms with Crippen LogP contribution in [0.25, 0.3) is 0 Å². The molecule has 0 spiro atoms. The lowest BCUT2D eigenvalue weighted by molar-refractivity contribution is -0.00678. The maximum atomic E-state index is 12.3. The van der Waals surface area contributed by atoms with Crippen molar-refractivity contribution in [2.45, 2.75) is 19.3 Å². The highest BCUT2D eigenvalue weighted by molar-refractivity contribution is 6.23. The van der Waals surface area contributed by atoms with E-state index in [0.29, 0.717) is 16.8 Å². The third-order valence-corrected chi connectivity index (χ3v) is 3.54. The van der Waals surface area contributed by atoms with Crippen molar-refractivity contribution < 1.29 is 9.59 Å². The van der Waals surface area contributed by atoms with Gasteiger partial charge in [0.1, 0.15) is 0 Å². The number of rotatable bonds is 1. The second-order valence-corrected chi connectivity index (χ2v) is 4.71. The number of nitrogen functional groups attached to an aromatic ring is 1. The second kappa shape index (κ2) is 4.10. The molecule has 0 bridgehead atoms. The van der Waals surface area contributed by atoms with Crippen LogP contribution in [0.5, 0.6) is 0 Å². The van der Waals surface area contributed by atoms with Crippen molar-refractivity contribution in [3.63, 3.8) is 0 Å². The molecule has 0 aliphatic carbocycles. The highest BCUT2D eigenvalue weighted by atomic mass is 16.2. The van der Waals surface area contributed by atoms with Crippen LogP contribution in [0.15, 0.2) is 18.2 Å². The Balaban J connectivity index is 1.99. The lowest BCUT2D eigenvalue weighted by atomic mass is 10.1. The Labute approximate surface area is 105 Å². The number of nitrogens with zero attached hydrogens (tertiary/aromatic N) is 2. The van der Waals surface area contributed by atoms with Gasteiger partial charge in [0.15, 0.2) is 0 Å². The van der Waals surface area contributed by atoms with Gasteiger partial charge in [-0.15, -0.1) is 0 Å². The summed E-state index contributed by atoms with van der Waals surface area (Å²) in [5.74, 6) is -0.529. The highest BCUT2D eigenvalue weighted by Gasteiger charge is 2.40. The maximum absolute atomic E-state index is 12.3. The first kappa shape index (κ1) is 11.2. The van der Waals surface area contributed by atoms with E-state index in [1.165, 1.54) is 5.01 Å². The summed E-state index contributed by atoms with van der Waals surface area (Å²) in [6.07, 6.45) is 3.19. The fourth-order valence-corrected chi connectivity index (χ4v) is 2.63. The molecular weight excluding hydrogens is 230 g/mol. The monoisotopic (exact) mass is 245 g/mol. The molecule has 0 atom stereocenters. The van der Waals surface area contributed by atoms with Crippen molar-refractivity contribution in [3.05, 3.63) is 29.3 Å². The number of fused-ring (bicyclic) bond motifs is 1. The summed E-state index contributed by atoms with van der Waals surface area (Å²) in [5.41, 5.74) is 6.95. The summed E-state index contributed by atoms with van der Waals surface area (Å²) in [6, 6.07) is 5.03. The number of carbonyl (C=O) groups is 2. The zero-order valence-electron chi connectivity index (χ0n) is 10.1. The number of piperidine rings is 1. The number of carbonyl (C=O) groups excluding carboxylic acids is 2. The Morgan fingerprint density at radius 1 is 1.00 bits per heavy atom. The molecule has 2 aliphatic heterocycles. The molecule has 1 fully saturated rings. The van der Waals surface area contributed by atoms with Gasteiger partial charge >= 0.3 is 0 Å². The summed E-state index contributed by atoms with van der Waals surface area (Å²) < 4.78 is 0. The van der Waals surface area contributed by atoms with Crippen LogP contribution in [0.1, 0.15) is 40.0 Å². The Morgan fingerprint density at radius 2 is 1.72 bits per heavy atom. The molecular formula is C13H15N3O2. The summed E-state index contributed by atoms with van der Waals surface area (Å²) in [7, 11) is 0. The molecule has 2 heterocycles. The number of hydrazine groups is 1. The van der Waals surface area contributed by atoms with Gasteiger partial charge < -0.3 is 5.73 Å². The SMILES string of the molecule is Nc1cccc2c1C(=O)N(N1CCCCC1)C2=O. The van der Waals surface area contributed by atoms with Crippen LogP contribution in [0, 0.1) is 0 Å². The number of hydrogen-bond acceptors (Lipinski definition) is 4. The molecule has 1 aromatic rings. The van der Waals surface area contributed by atoms with Crippen molar-refractivity contribution in [1.29, 1.82) is 0 Å². The van der Waals surface area contributed by atoms with Crippen molar-refractivity contribution in [1.82, 2.24) is 10.0 Å². The zero-order chi connectivity index (χ0) is 12.7. The standard InChI is InChI=1S/C13H15N3O2/c14-10-6-4-5-9-11(10)13(18)16(12(9)17)15-7-2-1-3-8-15/h4-6H,1-3,7-8,14H2.